The number of carbonyl (C=O) groups is 1. The average molecular weight is 348 g/mol. The van der Waals surface area contributed by atoms with Crippen LogP contribution in [0.2, 0.25) is 0 Å². The molecule has 2 aromatic heterocycles. The summed E-state index contributed by atoms with van der Waals surface area (Å²) in [4.78, 5) is 16.4. The average Bonchev–Trinajstić information content (AvgIpc) is 3.13. The van der Waals surface area contributed by atoms with Crippen molar-refractivity contribution in [3.8, 4) is 5.75 Å². The molecule has 7 nitrogen and oxygen atoms in total. The van der Waals surface area contributed by atoms with Gasteiger partial charge in [-0.15, -0.1) is 21.6 Å². The Kier molecular flexibility index (Phi) is 4.05. The van der Waals surface area contributed by atoms with Gasteiger partial charge in [0.05, 0.1) is 10.3 Å². The molecule has 0 aliphatic heterocycles. The summed E-state index contributed by atoms with van der Waals surface area (Å²) in [6.45, 7) is 3.93. The number of carboxylic acid groups (broad SMARTS) is 1. The van der Waals surface area contributed by atoms with E-state index in [4.69, 9.17) is 0 Å². The lowest BCUT2D eigenvalue weighted by Crippen LogP contribution is -1.97. The Morgan fingerprint density at radius 3 is 2.78 bits per heavy atom. The standard InChI is InChI=1S/C14H12N4O3S2/c1-3-7-6(2)22-12-10(7)9(19)4-8(13(20)21)11(12)17-18-14-15-5-16-23-14/h4-5,19H,3H2,1-2H3,(H,20,21). The molecular formula is C14H12N4O3S2. The zero-order chi connectivity index (χ0) is 16.6. The molecule has 0 bridgehead atoms. The van der Waals surface area contributed by atoms with Crippen LogP contribution in [0.5, 0.6) is 5.75 Å². The Labute approximate surface area is 139 Å². The first-order valence-corrected chi connectivity index (χ1v) is 8.31. The minimum absolute atomic E-state index is 0.0477. The van der Waals surface area contributed by atoms with E-state index in [2.05, 4.69) is 19.6 Å². The van der Waals surface area contributed by atoms with Crippen LogP contribution in [-0.4, -0.2) is 25.5 Å². The maximum absolute atomic E-state index is 11.5. The number of azo groups is 1. The van der Waals surface area contributed by atoms with Crippen molar-refractivity contribution in [3.05, 3.63) is 28.4 Å². The lowest BCUT2D eigenvalue weighted by atomic mass is 10.0. The zero-order valence-corrected chi connectivity index (χ0v) is 13.9. The van der Waals surface area contributed by atoms with E-state index in [1.807, 2.05) is 13.8 Å². The van der Waals surface area contributed by atoms with E-state index in [0.29, 0.717) is 15.2 Å². The van der Waals surface area contributed by atoms with Crippen molar-refractivity contribution in [2.75, 3.05) is 0 Å². The summed E-state index contributed by atoms with van der Waals surface area (Å²) < 4.78 is 4.44. The highest BCUT2D eigenvalue weighted by molar-refractivity contribution is 7.20. The van der Waals surface area contributed by atoms with Gasteiger partial charge in [-0.1, -0.05) is 6.92 Å². The summed E-state index contributed by atoms with van der Waals surface area (Å²) in [5.41, 5.74) is 1.13. The molecule has 0 aliphatic rings. The number of nitrogens with zero attached hydrogens (tertiary/aromatic N) is 4. The van der Waals surface area contributed by atoms with Gasteiger partial charge < -0.3 is 10.2 Å². The van der Waals surface area contributed by atoms with Crippen molar-refractivity contribution < 1.29 is 15.0 Å². The van der Waals surface area contributed by atoms with Crippen molar-refractivity contribution in [2.24, 2.45) is 10.2 Å². The van der Waals surface area contributed by atoms with Crippen molar-refractivity contribution in [3.63, 3.8) is 0 Å². The molecule has 3 aromatic rings. The largest absolute Gasteiger partial charge is 0.507 e. The molecule has 0 aliphatic carbocycles. The highest BCUT2D eigenvalue weighted by Crippen LogP contribution is 2.45. The van der Waals surface area contributed by atoms with E-state index in [1.54, 1.807) is 0 Å². The Morgan fingerprint density at radius 2 is 2.17 bits per heavy atom. The second-order valence-electron chi connectivity index (χ2n) is 4.72. The van der Waals surface area contributed by atoms with Gasteiger partial charge in [-0.2, -0.15) is 4.37 Å². The fraction of sp³-hybridized carbons (Fsp3) is 0.214. The number of rotatable bonds is 4. The SMILES string of the molecule is CCc1c(C)sc2c(N=Nc3ncns3)c(C(=O)O)cc(O)c12. The van der Waals surface area contributed by atoms with E-state index in [9.17, 15) is 15.0 Å². The second-order valence-corrected chi connectivity index (χ2v) is 6.70. The number of carboxylic acids is 1. The van der Waals surface area contributed by atoms with E-state index in [1.165, 1.54) is 23.7 Å². The number of thiophene rings is 1. The topological polar surface area (TPSA) is 108 Å². The minimum atomic E-state index is -1.17. The predicted octanol–water partition coefficient (Wildman–Crippen LogP) is 4.44. The summed E-state index contributed by atoms with van der Waals surface area (Å²) in [6, 6.07) is 1.23. The highest BCUT2D eigenvalue weighted by atomic mass is 32.1. The molecule has 0 spiro atoms. The summed E-state index contributed by atoms with van der Waals surface area (Å²) in [6.07, 6.45) is 2.09. The molecule has 3 rings (SSSR count). The fourth-order valence-electron chi connectivity index (χ4n) is 2.41. The molecule has 0 fully saturated rings. The zero-order valence-electron chi connectivity index (χ0n) is 12.3. The van der Waals surface area contributed by atoms with Gasteiger partial charge in [-0.3, -0.25) is 0 Å². The maximum Gasteiger partial charge on any atom is 0.338 e. The number of fused-ring (bicyclic) bond motifs is 1. The number of benzene rings is 1. The first-order chi connectivity index (χ1) is 11.0. The molecule has 0 radical (unpaired) electrons. The summed E-state index contributed by atoms with van der Waals surface area (Å²) >= 11 is 2.47. The third-order valence-electron chi connectivity index (χ3n) is 3.39. The van der Waals surface area contributed by atoms with Crippen LogP contribution in [0, 0.1) is 6.92 Å². The van der Waals surface area contributed by atoms with Crippen LogP contribution in [-0.2, 0) is 6.42 Å². The second kappa shape index (κ2) is 6.01. The maximum atomic E-state index is 11.5. The quantitative estimate of drug-likeness (QED) is 0.677. The molecule has 2 N–H and O–H groups in total. The molecule has 0 amide bonds. The summed E-state index contributed by atoms with van der Waals surface area (Å²) in [5, 5.41) is 28.7. The van der Waals surface area contributed by atoms with E-state index in [0.717, 1.165) is 28.4 Å². The number of aryl methyl sites for hydroxylation is 2. The number of phenols is 1. The van der Waals surface area contributed by atoms with Crippen LogP contribution in [0.15, 0.2) is 22.6 Å². The molecule has 118 valence electrons. The van der Waals surface area contributed by atoms with Gasteiger partial charge in [-0.05, 0) is 25.0 Å². The van der Waals surface area contributed by atoms with Crippen LogP contribution >= 0.6 is 22.9 Å². The first-order valence-electron chi connectivity index (χ1n) is 6.72. The van der Waals surface area contributed by atoms with Gasteiger partial charge in [-0.25, -0.2) is 9.78 Å². The molecule has 1 aromatic carbocycles. The van der Waals surface area contributed by atoms with Gasteiger partial charge in [0.15, 0.2) is 0 Å². The van der Waals surface area contributed by atoms with Gasteiger partial charge in [0.1, 0.15) is 17.8 Å². The fourth-order valence-corrected chi connectivity index (χ4v) is 4.02. The lowest BCUT2D eigenvalue weighted by molar-refractivity contribution is 0.0697. The molecule has 9 heteroatoms. The van der Waals surface area contributed by atoms with Gasteiger partial charge in [0, 0.05) is 21.8 Å². The molecule has 0 atom stereocenters. The number of aromatic hydroxyl groups is 1. The molecular weight excluding hydrogens is 336 g/mol. The van der Waals surface area contributed by atoms with Crippen molar-refractivity contribution in [2.45, 2.75) is 20.3 Å². The number of hydrogen-bond acceptors (Lipinski definition) is 8. The Morgan fingerprint density at radius 1 is 1.39 bits per heavy atom. The van der Waals surface area contributed by atoms with E-state index >= 15 is 0 Å². The van der Waals surface area contributed by atoms with E-state index < -0.39 is 5.97 Å². The number of aromatic nitrogens is 2. The normalized spacial score (nSPS) is 11.6. The van der Waals surface area contributed by atoms with E-state index in [-0.39, 0.29) is 17.0 Å². The molecule has 2 heterocycles. The third-order valence-corrected chi connectivity index (χ3v) is 5.09. The van der Waals surface area contributed by atoms with Crippen molar-refractivity contribution in [1.29, 1.82) is 0 Å². The number of hydrogen-bond donors (Lipinski definition) is 2. The third kappa shape index (κ3) is 2.68. The molecule has 0 unspecified atom stereocenters. The minimum Gasteiger partial charge on any atom is -0.507 e. The predicted molar refractivity (Wildman–Crippen MR) is 88.6 cm³/mol. The van der Waals surface area contributed by atoms with Crippen LogP contribution in [0.3, 0.4) is 0 Å². The first kappa shape index (κ1) is 15.5. The van der Waals surface area contributed by atoms with Crippen LogP contribution in [0.4, 0.5) is 10.8 Å². The van der Waals surface area contributed by atoms with Gasteiger partial charge >= 0.3 is 5.97 Å². The summed E-state index contributed by atoms with van der Waals surface area (Å²) in [5.74, 6) is -1.22. The Balaban J connectivity index is 2.30. The Hall–Kier alpha value is -2.39. The van der Waals surface area contributed by atoms with Crippen molar-refractivity contribution >= 4 is 49.7 Å². The highest BCUT2D eigenvalue weighted by Gasteiger charge is 2.22. The van der Waals surface area contributed by atoms with Crippen LogP contribution in [0.25, 0.3) is 10.1 Å². The smallest absolute Gasteiger partial charge is 0.338 e. The lowest BCUT2D eigenvalue weighted by Gasteiger charge is -2.05. The van der Waals surface area contributed by atoms with Crippen LogP contribution in [0.1, 0.15) is 27.7 Å². The monoisotopic (exact) mass is 348 g/mol. The number of aromatic carboxylic acids is 1. The van der Waals surface area contributed by atoms with Gasteiger partial charge in [0.25, 0.3) is 0 Å². The molecule has 23 heavy (non-hydrogen) atoms. The summed E-state index contributed by atoms with van der Waals surface area (Å²) in [7, 11) is 0. The Bertz CT molecular complexity index is 916. The molecule has 0 saturated heterocycles. The van der Waals surface area contributed by atoms with Gasteiger partial charge in [0.2, 0.25) is 5.13 Å². The van der Waals surface area contributed by atoms with Crippen LogP contribution < -0.4 is 0 Å². The van der Waals surface area contributed by atoms with Crippen molar-refractivity contribution in [1.82, 2.24) is 9.36 Å². The number of phenolic OH excluding ortho intramolecular Hbond substituents is 1. The molecule has 0 saturated carbocycles.